The van der Waals surface area contributed by atoms with Crippen molar-refractivity contribution in [1.82, 2.24) is 5.32 Å². The third-order valence-electron chi connectivity index (χ3n) is 3.86. The van der Waals surface area contributed by atoms with Crippen LogP contribution in [-0.2, 0) is 6.54 Å². The van der Waals surface area contributed by atoms with Crippen molar-refractivity contribution >= 4 is 23.2 Å². The number of hydrogen-bond acceptors (Lipinski definition) is 1. The molecule has 0 aliphatic heterocycles. The molecule has 0 radical (unpaired) electrons. The van der Waals surface area contributed by atoms with E-state index in [9.17, 15) is 0 Å². The summed E-state index contributed by atoms with van der Waals surface area (Å²) in [7, 11) is 0. The fourth-order valence-corrected chi connectivity index (χ4v) is 3.50. The van der Waals surface area contributed by atoms with Crippen molar-refractivity contribution in [3.8, 4) is 0 Å². The first kappa shape index (κ1) is 16.4. The zero-order valence-corrected chi connectivity index (χ0v) is 14.4. The molecule has 1 atom stereocenters. The van der Waals surface area contributed by atoms with Gasteiger partial charge >= 0.3 is 0 Å². The van der Waals surface area contributed by atoms with Gasteiger partial charge in [0.2, 0.25) is 0 Å². The summed E-state index contributed by atoms with van der Waals surface area (Å²) < 4.78 is 0. The molecule has 0 fully saturated rings. The summed E-state index contributed by atoms with van der Waals surface area (Å²) >= 11 is 12.5. The summed E-state index contributed by atoms with van der Waals surface area (Å²) in [5.41, 5.74) is 6.24. The Hall–Kier alpha value is -1.02. The minimum Gasteiger partial charge on any atom is -0.306 e. The predicted octanol–water partition coefficient (Wildman–Crippen LogP) is 5.77. The average Bonchev–Trinajstić information content (AvgIpc) is 2.37. The Morgan fingerprint density at radius 1 is 1.00 bits per heavy atom. The van der Waals surface area contributed by atoms with Gasteiger partial charge in [0.25, 0.3) is 0 Å². The molecule has 21 heavy (non-hydrogen) atoms. The van der Waals surface area contributed by atoms with Crippen LogP contribution in [0.1, 0.15) is 40.8 Å². The van der Waals surface area contributed by atoms with E-state index in [0.29, 0.717) is 10.0 Å². The number of aryl methyl sites for hydroxylation is 3. The van der Waals surface area contributed by atoms with Crippen molar-refractivity contribution in [2.24, 2.45) is 0 Å². The minimum atomic E-state index is 0.103. The van der Waals surface area contributed by atoms with Crippen LogP contribution in [-0.4, -0.2) is 0 Å². The molecule has 1 nitrogen and oxygen atoms in total. The van der Waals surface area contributed by atoms with Crippen LogP contribution >= 0.6 is 23.2 Å². The van der Waals surface area contributed by atoms with Crippen LogP contribution in [0.5, 0.6) is 0 Å². The lowest BCUT2D eigenvalue weighted by Gasteiger charge is -2.19. The molecule has 2 aromatic rings. The van der Waals surface area contributed by atoms with Gasteiger partial charge in [0.1, 0.15) is 0 Å². The number of benzene rings is 2. The Kier molecular flexibility index (Phi) is 5.32. The van der Waals surface area contributed by atoms with E-state index in [1.807, 2.05) is 18.2 Å². The Labute approximate surface area is 137 Å². The van der Waals surface area contributed by atoms with Crippen LogP contribution in [0.4, 0.5) is 0 Å². The molecule has 0 saturated carbocycles. The highest BCUT2D eigenvalue weighted by atomic mass is 35.5. The highest BCUT2D eigenvalue weighted by molar-refractivity contribution is 6.36. The molecule has 1 N–H and O–H groups in total. The third kappa shape index (κ3) is 3.79. The number of hydrogen-bond donors (Lipinski definition) is 1. The molecule has 0 spiro atoms. The van der Waals surface area contributed by atoms with Crippen molar-refractivity contribution in [3.63, 3.8) is 0 Å². The maximum absolute atomic E-state index is 6.27. The first-order valence-corrected chi connectivity index (χ1v) is 7.89. The zero-order valence-electron chi connectivity index (χ0n) is 12.9. The molecule has 0 heterocycles. The fraction of sp³-hybridized carbons (Fsp3) is 0.333. The van der Waals surface area contributed by atoms with Crippen LogP contribution in [0.25, 0.3) is 0 Å². The molecule has 112 valence electrons. The van der Waals surface area contributed by atoms with Crippen LogP contribution in [0.15, 0.2) is 30.3 Å². The van der Waals surface area contributed by atoms with Crippen LogP contribution in [0.3, 0.4) is 0 Å². The quantitative estimate of drug-likeness (QED) is 0.753. The lowest BCUT2D eigenvalue weighted by atomic mass is 9.99. The molecule has 0 saturated heterocycles. The molecule has 0 amide bonds. The van der Waals surface area contributed by atoms with Crippen molar-refractivity contribution in [2.75, 3.05) is 0 Å². The summed E-state index contributed by atoms with van der Waals surface area (Å²) in [6.07, 6.45) is 0. The van der Waals surface area contributed by atoms with Crippen molar-refractivity contribution < 1.29 is 0 Å². The maximum atomic E-state index is 6.27. The summed E-state index contributed by atoms with van der Waals surface area (Å²) in [5, 5.41) is 4.95. The highest BCUT2D eigenvalue weighted by Crippen LogP contribution is 2.30. The van der Waals surface area contributed by atoms with Gasteiger partial charge in [0.15, 0.2) is 0 Å². The van der Waals surface area contributed by atoms with Gasteiger partial charge in [-0.25, -0.2) is 0 Å². The zero-order chi connectivity index (χ0) is 15.6. The lowest BCUT2D eigenvalue weighted by molar-refractivity contribution is 0.572. The highest BCUT2D eigenvalue weighted by Gasteiger charge is 2.14. The van der Waals surface area contributed by atoms with E-state index in [1.165, 1.54) is 22.3 Å². The number of nitrogens with one attached hydrogen (secondary N) is 1. The van der Waals surface area contributed by atoms with Crippen molar-refractivity contribution in [1.29, 1.82) is 0 Å². The summed E-state index contributed by atoms with van der Waals surface area (Å²) in [6, 6.07) is 10.2. The largest absolute Gasteiger partial charge is 0.306 e. The molecule has 0 aromatic heterocycles. The summed E-state index contributed by atoms with van der Waals surface area (Å²) in [6.45, 7) is 9.34. The van der Waals surface area contributed by atoms with Crippen LogP contribution in [0, 0.1) is 20.8 Å². The second-order valence-electron chi connectivity index (χ2n) is 5.62. The Morgan fingerprint density at radius 2 is 1.52 bits per heavy atom. The van der Waals surface area contributed by atoms with Crippen molar-refractivity contribution in [2.45, 2.75) is 40.3 Å². The molecular formula is C18H21Cl2N. The van der Waals surface area contributed by atoms with Gasteiger partial charge in [0.05, 0.1) is 0 Å². The SMILES string of the molecule is Cc1cc(C)c(CNC(C)c2c(Cl)cccc2Cl)c(C)c1. The summed E-state index contributed by atoms with van der Waals surface area (Å²) in [4.78, 5) is 0. The molecule has 0 bridgehead atoms. The Balaban J connectivity index is 2.17. The van der Waals surface area contributed by atoms with E-state index in [2.05, 4.69) is 45.1 Å². The van der Waals surface area contributed by atoms with E-state index in [0.717, 1.165) is 12.1 Å². The number of halogens is 2. The second kappa shape index (κ2) is 6.83. The third-order valence-corrected chi connectivity index (χ3v) is 4.52. The Bertz CT molecular complexity index is 606. The topological polar surface area (TPSA) is 12.0 Å². The van der Waals surface area contributed by atoms with Gasteiger partial charge in [-0.1, -0.05) is 47.0 Å². The number of rotatable bonds is 4. The van der Waals surface area contributed by atoms with Gasteiger partial charge in [-0.15, -0.1) is 0 Å². The van der Waals surface area contributed by atoms with Gasteiger partial charge in [0, 0.05) is 28.2 Å². The van der Waals surface area contributed by atoms with Crippen molar-refractivity contribution in [3.05, 3.63) is 68.2 Å². The molecule has 1 unspecified atom stereocenters. The van der Waals surface area contributed by atoms with Gasteiger partial charge in [-0.2, -0.15) is 0 Å². The second-order valence-corrected chi connectivity index (χ2v) is 6.43. The van der Waals surface area contributed by atoms with E-state index >= 15 is 0 Å². The van der Waals surface area contributed by atoms with E-state index in [1.54, 1.807) is 0 Å². The van der Waals surface area contributed by atoms with E-state index in [4.69, 9.17) is 23.2 Å². The monoisotopic (exact) mass is 321 g/mol. The standard InChI is InChI=1S/C18H21Cl2N/c1-11-8-12(2)15(13(3)9-11)10-21-14(4)18-16(19)6-5-7-17(18)20/h5-9,14,21H,10H2,1-4H3. The van der Waals surface area contributed by atoms with Gasteiger partial charge < -0.3 is 5.32 Å². The predicted molar refractivity (Wildman–Crippen MR) is 92.4 cm³/mol. The first-order chi connectivity index (χ1) is 9.90. The molecule has 2 aromatic carbocycles. The smallest absolute Gasteiger partial charge is 0.0468 e. The van der Waals surface area contributed by atoms with E-state index in [-0.39, 0.29) is 6.04 Å². The van der Waals surface area contributed by atoms with E-state index < -0.39 is 0 Å². The van der Waals surface area contributed by atoms with Gasteiger partial charge in [-0.05, 0) is 56.5 Å². The fourth-order valence-electron chi connectivity index (χ4n) is 2.77. The Morgan fingerprint density at radius 3 is 2.05 bits per heavy atom. The first-order valence-electron chi connectivity index (χ1n) is 7.14. The minimum absolute atomic E-state index is 0.103. The average molecular weight is 322 g/mol. The molecule has 0 aliphatic carbocycles. The molecule has 0 aliphatic rings. The van der Waals surface area contributed by atoms with Gasteiger partial charge in [-0.3, -0.25) is 0 Å². The molecular weight excluding hydrogens is 301 g/mol. The molecule has 3 heteroatoms. The van der Waals surface area contributed by atoms with Crippen LogP contribution < -0.4 is 5.32 Å². The lowest BCUT2D eigenvalue weighted by Crippen LogP contribution is -2.20. The maximum Gasteiger partial charge on any atom is 0.0468 e. The molecule has 2 rings (SSSR count). The summed E-state index contributed by atoms with van der Waals surface area (Å²) in [5.74, 6) is 0. The normalized spacial score (nSPS) is 12.5. The van der Waals surface area contributed by atoms with Crippen LogP contribution in [0.2, 0.25) is 10.0 Å².